The van der Waals surface area contributed by atoms with Gasteiger partial charge in [0.2, 0.25) is 5.91 Å². The highest BCUT2D eigenvalue weighted by molar-refractivity contribution is 6.32. The number of urea groups is 1. The van der Waals surface area contributed by atoms with Gasteiger partial charge in [-0.3, -0.25) is 4.79 Å². The van der Waals surface area contributed by atoms with E-state index in [4.69, 9.17) is 26.8 Å². The number of fused-ring (bicyclic) bond motifs is 1. The van der Waals surface area contributed by atoms with Crippen LogP contribution < -0.4 is 25.8 Å². The molecule has 1 aliphatic rings. The number of nitrogens with one attached hydrogen (secondary N) is 2. The van der Waals surface area contributed by atoms with Gasteiger partial charge in [0.1, 0.15) is 0 Å². The van der Waals surface area contributed by atoms with Crippen LogP contribution in [0.2, 0.25) is 5.02 Å². The number of benzene rings is 2. The van der Waals surface area contributed by atoms with Crippen LogP contribution in [0.3, 0.4) is 0 Å². The van der Waals surface area contributed by atoms with Crippen LogP contribution in [0.5, 0.6) is 11.5 Å². The van der Waals surface area contributed by atoms with E-state index in [-0.39, 0.29) is 12.3 Å². The molecule has 1 heterocycles. The molecule has 0 saturated carbocycles. The summed E-state index contributed by atoms with van der Waals surface area (Å²) in [5.74, 6) is 0.961. The molecule has 0 bridgehead atoms. The lowest BCUT2D eigenvalue weighted by molar-refractivity contribution is -0.120. The molecule has 4 N–H and O–H groups in total. The Hall–Kier alpha value is -2.93. The lowest BCUT2D eigenvalue weighted by Crippen LogP contribution is -2.24. The van der Waals surface area contributed by atoms with Crippen molar-refractivity contribution in [1.82, 2.24) is 5.32 Å². The third-order valence-corrected chi connectivity index (χ3v) is 4.22. The first-order valence-corrected chi connectivity index (χ1v) is 8.89. The summed E-state index contributed by atoms with van der Waals surface area (Å²) in [6.45, 7) is 1.48. The van der Waals surface area contributed by atoms with Gasteiger partial charge in [-0.25, -0.2) is 4.79 Å². The minimum atomic E-state index is -0.621. The monoisotopic (exact) mass is 389 g/mol. The summed E-state index contributed by atoms with van der Waals surface area (Å²) in [6.07, 6.45) is 0.965. The fraction of sp³-hybridized carbons (Fsp3) is 0.263. The largest absolute Gasteiger partial charge is 0.489 e. The molecule has 0 saturated heterocycles. The van der Waals surface area contributed by atoms with Gasteiger partial charge in [-0.1, -0.05) is 23.7 Å². The quantitative estimate of drug-likeness (QED) is 0.731. The van der Waals surface area contributed by atoms with Crippen molar-refractivity contribution in [2.24, 2.45) is 5.73 Å². The van der Waals surface area contributed by atoms with E-state index in [9.17, 15) is 9.59 Å². The normalized spacial score (nSPS) is 12.8. The maximum absolute atomic E-state index is 12.2. The van der Waals surface area contributed by atoms with Crippen LogP contribution in [0.1, 0.15) is 17.5 Å². The Morgan fingerprint density at radius 2 is 1.81 bits per heavy atom. The zero-order valence-electron chi connectivity index (χ0n) is 14.6. The molecule has 0 fully saturated rings. The highest BCUT2D eigenvalue weighted by Gasteiger charge is 2.16. The molecular formula is C19H20ClN3O4. The SMILES string of the molecule is NC(=O)Nc1ccc(CNC(=O)Cc2cc(Cl)c3c(c2)OCCCO3)cc1. The number of nitrogens with two attached hydrogens (primary N) is 1. The Morgan fingerprint density at radius 3 is 2.56 bits per heavy atom. The molecule has 3 amide bonds. The molecule has 2 aromatic carbocycles. The minimum Gasteiger partial charge on any atom is -0.489 e. The van der Waals surface area contributed by atoms with E-state index < -0.39 is 6.03 Å². The Labute approximate surface area is 161 Å². The summed E-state index contributed by atoms with van der Waals surface area (Å²) in [5, 5.41) is 5.77. The summed E-state index contributed by atoms with van der Waals surface area (Å²) in [6, 6.07) is 9.93. The molecule has 0 unspecified atom stereocenters. The van der Waals surface area contributed by atoms with E-state index in [0.29, 0.717) is 42.0 Å². The predicted octanol–water partition coefficient (Wildman–Crippen LogP) is 2.85. The highest BCUT2D eigenvalue weighted by Crippen LogP contribution is 2.38. The third kappa shape index (κ3) is 5.27. The molecule has 0 aliphatic carbocycles. The number of anilines is 1. The molecule has 0 radical (unpaired) electrons. The van der Waals surface area contributed by atoms with Gasteiger partial charge in [0.25, 0.3) is 0 Å². The second kappa shape index (κ2) is 8.64. The Kier molecular flexibility index (Phi) is 6.03. The number of amides is 3. The second-order valence-corrected chi connectivity index (χ2v) is 6.50. The average molecular weight is 390 g/mol. The van der Waals surface area contributed by atoms with Gasteiger partial charge >= 0.3 is 6.03 Å². The smallest absolute Gasteiger partial charge is 0.316 e. The minimum absolute atomic E-state index is 0.139. The fourth-order valence-corrected chi connectivity index (χ4v) is 2.97. The van der Waals surface area contributed by atoms with Crippen molar-refractivity contribution in [2.75, 3.05) is 18.5 Å². The first kappa shape index (κ1) is 18.8. The molecule has 2 aromatic rings. The topological polar surface area (TPSA) is 103 Å². The van der Waals surface area contributed by atoms with Crippen LogP contribution in [0.4, 0.5) is 10.5 Å². The number of ether oxygens (including phenoxy) is 2. The molecule has 0 aromatic heterocycles. The zero-order valence-corrected chi connectivity index (χ0v) is 15.3. The van der Waals surface area contributed by atoms with Gasteiger partial charge in [0.15, 0.2) is 11.5 Å². The van der Waals surface area contributed by atoms with Crippen LogP contribution in [0.15, 0.2) is 36.4 Å². The number of halogens is 1. The summed E-state index contributed by atoms with van der Waals surface area (Å²) in [7, 11) is 0. The second-order valence-electron chi connectivity index (χ2n) is 6.10. The Bertz CT molecular complexity index is 840. The highest BCUT2D eigenvalue weighted by atomic mass is 35.5. The number of carbonyl (C=O) groups excluding carboxylic acids is 2. The standard InChI is InChI=1S/C19H20ClN3O4/c20-15-8-13(9-16-18(15)27-7-1-6-26-16)10-17(24)22-11-12-2-4-14(5-3-12)23-19(21)25/h2-5,8-9H,1,6-7,10-11H2,(H,22,24)(H3,21,23,25). The van der Waals surface area contributed by atoms with Crippen molar-refractivity contribution >= 4 is 29.2 Å². The molecule has 27 heavy (non-hydrogen) atoms. The number of primary amides is 1. The van der Waals surface area contributed by atoms with Crippen LogP contribution in [0, 0.1) is 0 Å². The lowest BCUT2D eigenvalue weighted by Gasteiger charge is -2.12. The first-order valence-electron chi connectivity index (χ1n) is 8.51. The van der Waals surface area contributed by atoms with Gasteiger partial charge < -0.3 is 25.8 Å². The summed E-state index contributed by atoms with van der Waals surface area (Å²) in [5.41, 5.74) is 7.31. The molecule has 0 atom stereocenters. The average Bonchev–Trinajstić information content (AvgIpc) is 2.86. The van der Waals surface area contributed by atoms with Gasteiger partial charge in [0, 0.05) is 18.7 Å². The fourth-order valence-electron chi connectivity index (χ4n) is 2.68. The van der Waals surface area contributed by atoms with Crippen molar-refractivity contribution in [3.05, 3.63) is 52.5 Å². The van der Waals surface area contributed by atoms with E-state index in [1.165, 1.54) is 0 Å². The predicted molar refractivity (Wildman–Crippen MR) is 102 cm³/mol. The number of carbonyl (C=O) groups is 2. The van der Waals surface area contributed by atoms with Gasteiger partial charge in [-0.2, -0.15) is 0 Å². The number of hydrogen-bond donors (Lipinski definition) is 3. The van der Waals surface area contributed by atoms with Crippen LogP contribution >= 0.6 is 11.6 Å². The summed E-state index contributed by atoms with van der Waals surface area (Å²) < 4.78 is 11.2. The van der Waals surface area contributed by atoms with Crippen molar-refractivity contribution in [2.45, 2.75) is 19.4 Å². The summed E-state index contributed by atoms with van der Waals surface area (Å²) in [4.78, 5) is 23.0. The van der Waals surface area contributed by atoms with Crippen molar-refractivity contribution in [3.63, 3.8) is 0 Å². The van der Waals surface area contributed by atoms with Gasteiger partial charge in [-0.05, 0) is 35.4 Å². The van der Waals surface area contributed by atoms with Crippen LogP contribution in [-0.4, -0.2) is 25.2 Å². The van der Waals surface area contributed by atoms with Crippen molar-refractivity contribution in [1.29, 1.82) is 0 Å². The van der Waals surface area contributed by atoms with E-state index in [0.717, 1.165) is 17.5 Å². The maximum atomic E-state index is 12.2. The third-order valence-electron chi connectivity index (χ3n) is 3.94. The lowest BCUT2D eigenvalue weighted by atomic mass is 10.1. The maximum Gasteiger partial charge on any atom is 0.316 e. The number of rotatable bonds is 5. The number of hydrogen-bond acceptors (Lipinski definition) is 4. The molecule has 0 spiro atoms. The van der Waals surface area contributed by atoms with Crippen molar-refractivity contribution < 1.29 is 19.1 Å². The van der Waals surface area contributed by atoms with Crippen LogP contribution in [-0.2, 0) is 17.8 Å². The molecular weight excluding hydrogens is 370 g/mol. The first-order chi connectivity index (χ1) is 13.0. The Balaban J connectivity index is 1.57. The van der Waals surface area contributed by atoms with Crippen molar-refractivity contribution in [3.8, 4) is 11.5 Å². The van der Waals surface area contributed by atoms with E-state index in [2.05, 4.69) is 10.6 Å². The summed E-state index contributed by atoms with van der Waals surface area (Å²) >= 11 is 6.25. The van der Waals surface area contributed by atoms with E-state index >= 15 is 0 Å². The molecule has 142 valence electrons. The molecule has 3 rings (SSSR count). The van der Waals surface area contributed by atoms with Gasteiger partial charge in [-0.15, -0.1) is 0 Å². The molecule has 1 aliphatic heterocycles. The Morgan fingerprint density at radius 1 is 1.07 bits per heavy atom. The van der Waals surface area contributed by atoms with Gasteiger partial charge in [0.05, 0.1) is 24.7 Å². The van der Waals surface area contributed by atoms with E-state index in [1.807, 2.05) is 0 Å². The molecule has 7 nitrogen and oxygen atoms in total. The zero-order chi connectivity index (χ0) is 19.2. The molecule has 8 heteroatoms. The van der Waals surface area contributed by atoms with Crippen LogP contribution in [0.25, 0.3) is 0 Å². The van der Waals surface area contributed by atoms with E-state index in [1.54, 1.807) is 36.4 Å².